The minimum atomic E-state index is -5.02. The third-order valence-electron chi connectivity index (χ3n) is 3.96. The number of nitrogens with zero attached hydrogens (tertiary/aromatic N) is 2. The fourth-order valence-electron chi connectivity index (χ4n) is 2.71. The second kappa shape index (κ2) is 7.92. The number of carbonyl (C=O) groups is 1. The Kier molecular flexibility index (Phi) is 5.75. The number of β-amino-alcohol motifs (C(OH)–C–C–N with tert-alkyl or cyclic N) is 1. The number of benzene rings is 1. The van der Waals surface area contributed by atoms with Gasteiger partial charge in [0.25, 0.3) is 5.91 Å². The number of rotatable bonds is 4. The molecule has 0 saturated carbocycles. The molecule has 1 aromatic carbocycles. The Hall–Kier alpha value is -2.40. The number of nitrogens with one attached hydrogen (secondary N) is 1. The highest BCUT2D eigenvalue weighted by Crippen LogP contribution is 2.29. The molecular formula is C17H14BrF4N3O3. The van der Waals surface area contributed by atoms with Crippen molar-refractivity contribution in [3.05, 3.63) is 46.3 Å². The second-order valence-electron chi connectivity index (χ2n) is 6.07. The SMILES string of the molecule is O=C(Nc1ccc(OC(F)(F)F)c(F)c1)c1cnc(N2CCC(O)C2)c(Br)c1. The number of hydrogen-bond donors (Lipinski definition) is 2. The largest absolute Gasteiger partial charge is 0.573 e. The van der Waals surface area contributed by atoms with Gasteiger partial charge in [-0.15, -0.1) is 13.2 Å². The van der Waals surface area contributed by atoms with Crippen molar-refractivity contribution in [2.75, 3.05) is 23.3 Å². The first-order valence-corrected chi connectivity index (χ1v) is 8.87. The van der Waals surface area contributed by atoms with Crippen LogP contribution in [0.15, 0.2) is 34.9 Å². The molecule has 6 nitrogen and oxygen atoms in total. The average molecular weight is 464 g/mol. The predicted octanol–water partition coefficient (Wildman–Crippen LogP) is 3.71. The number of halogens is 5. The van der Waals surface area contributed by atoms with Crippen LogP contribution in [0.4, 0.5) is 29.1 Å². The molecule has 0 spiro atoms. The van der Waals surface area contributed by atoms with E-state index in [0.717, 1.165) is 18.2 Å². The number of aliphatic hydroxyl groups is 1. The van der Waals surface area contributed by atoms with Crippen LogP contribution >= 0.6 is 15.9 Å². The Morgan fingerprint density at radius 3 is 2.68 bits per heavy atom. The molecule has 2 heterocycles. The van der Waals surface area contributed by atoms with Gasteiger partial charge in [-0.1, -0.05) is 0 Å². The maximum atomic E-state index is 13.7. The molecular weight excluding hydrogens is 450 g/mol. The average Bonchev–Trinajstić information content (AvgIpc) is 3.02. The molecule has 2 N–H and O–H groups in total. The van der Waals surface area contributed by atoms with Crippen molar-refractivity contribution in [3.63, 3.8) is 0 Å². The monoisotopic (exact) mass is 463 g/mol. The highest BCUT2D eigenvalue weighted by molar-refractivity contribution is 9.10. The number of amides is 1. The molecule has 2 aromatic rings. The summed E-state index contributed by atoms with van der Waals surface area (Å²) in [7, 11) is 0. The summed E-state index contributed by atoms with van der Waals surface area (Å²) in [5, 5.41) is 12.0. The first kappa shape index (κ1) is 20.3. The topological polar surface area (TPSA) is 74.7 Å². The normalized spacial score (nSPS) is 16.9. The molecule has 0 bridgehead atoms. The van der Waals surface area contributed by atoms with Crippen LogP contribution in [-0.4, -0.2) is 41.6 Å². The van der Waals surface area contributed by atoms with Gasteiger partial charge in [0.15, 0.2) is 11.6 Å². The van der Waals surface area contributed by atoms with E-state index in [2.05, 4.69) is 31.0 Å². The number of alkyl halides is 3. The Morgan fingerprint density at radius 2 is 2.11 bits per heavy atom. The van der Waals surface area contributed by atoms with Gasteiger partial charge in [-0.25, -0.2) is 9.37 Å². The van der Waals surface area contributed by atoms with E-state index in [1.165, 1.54) is 12.3 Å². The number of ether oxygens (including phenoxy) is 1. The number of anilines is 2. The van der Waals surface area contributed by atoms with E-state index in [0.29, 0.717) is 29.8 Å². The first-order chi connectivity index (χ1) is 13.1. The van der Waals surface area contributed by atoms with Gasteiger partial charge < -0.3 is 20.1 Å². The van der Waals surface area contributed by atoms with Crippen molar-refractivity contribution in [2.24, 2.45) is 0 Å². The van der Waals surface area contributed by atoms with Gasteiger partial charge in [0.2, 0.25) is 0 Å². The van der Waals surface area contributed by atoms with Gasteiger partial charge in [-0.2, -0.15) is 0 Å². The van der Waals surface area contributed by atoms with E-state index in [1.807, 2.05) is 4.90 Å². The number of hydrogen-bond acceptors (Lipinski definition) is 5. The van der Waals surface area contributed by atoms with Gasteiger partial charge in [0.1, 0.15) is 5.82 Å². The van der Waals surface area contributed by atoms with Crippen LogP contribution < -0.4 is 15.0 Å². The summed E-state index contributed by atoms with van der Waals surface area (Å²) in [6.07, 6.45) is -3.51. The summed E-state index contributed by atoms with van der Waals surface area (Å²) in [5.74, 6) is -2.30. The Balaban J connectivity index is 1.71. The van der Waals surface area contributed by atoms with E-state index >= 15 is 0 Å². The zero-order valence-electron chi connectivity index (χ0n) is 14.1. The highest BCUT2D eigenvalue weighted by atomic mass is 79.9. The minimum absolute atomic E-state index is 0.0418. The summed E-state index contributed by atoms with van der Waals surface area (Å²) in [4.78, 5) is 18.4. The van der Waals surface area contributed by atoms with Gasteiger partial charge in [-0.3, -0.25) is 4.79 Å². The molecule has 1 aliphatic heterocycles. The van der Waals surface area contributed by atoms with Gasteiger partial charge in [0, 0.05) is 31.0 Å². The Labute approximate surface area is 165 Å². The summed E-state index contributed by atoms with van der Waals surface area (Å²) in [6, 6.07) is 4.10. The molecule has 1 aliphatic rings. The molecule has 1 aromatic heterocycles. The van der Waals surface area contributed by atoms with E-state index in [4.69, 9.17) is 0 Å². The zero-order valence-corrected chi connectivity index (χ0v) is 15.7. The molecule has 1 atom stereocenters. The van der Waals surface area contributed by atoms with Crippen LogP contribution in [-0.2, 0) is 0 Å². The van der Waals surface area contributed by atoms with Crippen LogP contribution in [0.2, 0.25) is 0 Å². The lowest BCUT2D eigenvalue weighted by atomic mass is 10.2. The lowest BCUT2D eigenvalue weighted by Crippen LogP contribution is -2.23. The third-order valence-corrected chi connectivity index (χ3v) is 4.55. The van der Waals surface area contributed by atoms with Gasteiger partial charge >= 0.3 is 6.36 Å². The van der Waals surface area contributed by atoms with Crippen LogP contribution in [0.25, 0.3) is 0 Å². The summed E-state index contributed by atoms with van der Waals surface area (Å²) in [5.41, 5.74) is 0.117. The molecule has 1 unspecified atom stereocenters. The lowest BCUT2D eigenvalue weighted by Gasteiger charge is -2.18. The highest BCUT2D eigenvalue weighted by Gasteiger charge is 2.32. The van der Waals surface area contributed by atoms with Crippen molar-refractivity contribution in [2.45, 2.75) is 18.9 Å². The lowest BCUT2D eigenvalue weighted by molar-refractivity contribution is -0.275. The van der Waals surface area contributed by atoms with Crippen LogP contribution in [0.3, 0.4) is 0 Å². The maximum Gasteiger partial charge on any atom is 0.573 e. The third kappa shape index (κ3) is 4.90. The fraction of sp³-hybridized carbons (Fsp3) is 0.294. The van der Waals surface area contributed by atoms with E-state index in [9.17, 15) is 27.5 Å². The Morgan fingerprint density at radius 1 is 1.36 bits per heavy atom. The van der Waals surface area contributed by atoms with Crippen LogP contribution in [0.5, 0.6) is 5.75 Å². The summed E-state index contributed by atoms with van der Waals surface area (Å²) < 4.78 is 54.3. The minimum Gasteiger partial charge on any atom is -0.403 e. The van der Waals surface area contributed by atoms with E-state index in [1.54, 1.807) is 0 Å². The first-order valence-electron chi connectivity index (χ1n) is 8.07. The molecule has 150 valence electrons. The zero-order chi connectivity index (χ0) is 20.5. The quantitative estimate of drug-likeness (QED) is 0.676. The van der Waals surface area contributed by atoms with Crippen LogP contribution in [0.1, 0.15) is 16.8 Å². The predicted molar refractivity (Wildman–Crippen MR) is 95.8 cm³/mol. The van der Waals surface area contributed by atoms with Crippen molar-refractivity contribution in [1.82, 2.24) is 4.98 Å². The Bertz CT molecular complexity index is 894. The van der Waals surface area contributed by atoms with Gasteiger partial charge in [0.05, 0.1) is 16.1 Å². The second-order valence-corrected chi connectivity index (χ2v) is 6.92. The van der Waals surface area contributed by atoms with Crippen LogP contribution in [0, 0.1) is 5.82 Å². The van der Waals surface area contributed by atoms with E-state index in [-0.39, 0.29) is 11.3 Å². The molecule has 1 saturated heterocycles. The molecule has 0 aliphatic carbocycles. The standard InChI is InChI=1S/C17H14BrF4N3O3/c18-12-5-9(7-23-15(12)25-4-3-11(26)8-25)16(27)24-10-1-2-14(13(19)6-10)28-17(20,21)22/h1-2,5-7,11,26H,3-4,8H2,(H,24,27). The maximum absolute atomic E-state index is 13.7. The fourth-order valence-corrected chi connectivity index (χ4v) is 3.31. The number of aromatic nitrogens is 1. The molecule has 0 radical (unpaired) electrons. The van der Waals surface area contributed by atoms with Crippen molar-refractivity contribution < 1.29 is 32.2 Å². The number of pyridine rings is 1. The summed E-state index contributed by atoms with van der Waals surface area (Å²) >= 11 is 3.33. The molecule has 3 rings (SSSR count). The molecule has 28 heavy (non-hydrogen) atoms. The molecule has 11 heteroatoms. The van der Waals surface area contributed by atoms with E-state index < -0.39 is 29.9 Å². The van der Waals surface area contributed by atoms with Crippen molar-refractivity contribution in [1.29, 1.82) is 0 Å². The van der Waals surface area contributed by atoms with Gasteiger partial charge in [-0.05, 0) is 40.5 Å². The van der Waals surface area contributed by atoms with Crippen molar-refractivity contribution in [3.8, 4) is 5.75 Å². The molecule has 1 fully saturated rings. The smallest absolute Gasteiger partial charge is 0.403 e. The summed E-state index contributed by atoms with van der Waals surface area (Å²) in [6.45, 7) is 1.06. The van der Waals surface area contributed by atoms with Crippen molar-refractivity contribution >= 4 is 33.3 Å². The number of carbonyl (C=O) groups excluding carboxylic acids is 1. The number of aliphatic hydroxyl groups excluding tert-OH is 1. The molecule has 1 amide bonds.